The Labute approximate surface area is 146 Å². The van der Waals surface area contributed by atoms with E-state index in [1.807, 2.05) is 29.5 Å². The third-order valence-electron chi connectivity index (χ3n) is 3.92. The van der Waals surface area contributed by atoms with E-state index < -0.39 is 11.7 Å². The van der Waals surface area contributed by atoms with Gasteiger partial charge in [-0.3, -0.25) is 4.90 Å². The Bertz CT molecular complexity index is 830. The summed E-state index contributed by atoms with van der Waals surface area (Å²) in [5, 5.41) is 5.82. The molecule has 0 N–H and O–H groups in total. The van der Waals surface area contributed by atoms with E-state index in [9.17, 15) is 13.2 Å². The molecule has 2 aromatic heterocycles. The van der Waals surface area contributed by atoms with Gasteiger partial charge < -0.3 is 4.52 Å². The van der Waals surface area contributed by atoms with E-state index in [1.54, 1.807) is 11.3 Å². The number of thiophene rings is 1. The average Bonchev–Trinajstić information content (AvgIpc) is 3.25. The topological polar surface area (TPSA) is 42.2 Å². The Morgan fingerprint density at radius 3 is 2.72 bits per heavy atom. The van der Waals surface area contributed by atoms with Crippen LogP contribution in [0.2, 0.25) is 0 Å². The fourth-order valence-corrected chi connectivity index (χ4v) is 3.22. The Morgan fingerprint density at radius 1 is 1.24 bits per heavy atom. The molecule has 0 spiro atoms. The SMILES string of the molecule is CC(c1cccs1)N(C)Cc1nc(-c2cccc(C(F)(F)F)c2)no1. The van der Waals surface area contributed by atoms with E-state index >= 15 is 0 Å². The number of rotatable bonds is 5. The van der Waals surface area contributed by atoms with Crippen LogP contribution in [0.1, 0.15) is 29.3 Å². The van der Waals surface area contributed by atoms with Crippen LogP contribution in [0.5, 0.6) is 0 Å². The van der Waals surface area contributed by atoms with Crippen LogP contribution in [0.25, 0.3) is 11.4 Å². The highest BCUT2D eigenvalue weighted by Gasteiger charge is 2.30. The molecule has 8 heteroatoms. The lowest BCUT2D eigenvalue weighted by Gasteiger charge is -2.21. The first-order valence-corrected chi connectivity index (χ1v) is 8.46. The van der Waals surface area contributed by atoms with Crippen LogP contribution in [0, 0.1) is 0 Å². The van der Waals surface area contributed by atoms with Crippen molar-refractivity contribution in [2.45, 2.75) is 25.7 Å². The predicted molar refractivity (Wildman–Crippen MR) is 88.9 cm³/mol. The van der Waals surface area contributed by atoms with Gasteiger partial charge in [-0.1, -0.05) is 23.4 Å². The van der Waals surface area contributed by atoms with Gasteiger partial charge in [0.05, 0.1) is 12.1 Å². The van der Waals surface area contributed by atoms with Crippen LogP contribution in [0.4, 0.5) is 13.2 Å². The van der Waals surface area contributed by atoms with Crippen molar-refractivity contribution in [3.05, 3.63) is 58.1 Å². The molecule has 3 rings (SSSR count). The van der Waals surface area contributed by atoms with Gasteiger partial charge in [-0.05, 0) is 37.6 Å². The van der Waals surface area contributed by atoms with Gasteiger partial charge in [0.15, 0.2) is 0 Å². The first kappa shape index (κ1) is 17.6. The maximum absolute atomic E-state index is 12.8. The van der Waals surface area contributed by atoms with E-state index in [0.29, 0.717) is 12.4 Å². The maximum atomic E-state index is 12.8. The molecule has 1 unspecified atom stereocenters. The number of aromatic nitrogens is 2. The molecule has 3 aromatic rings. The van der Waals surface area contributed by atoms with Gasteiger partial charge in [-0.15, -0.1) is 11.3 Å². The molecule has 4 nitrogen and oxygen atoms in total. The Balaban J connectivity index is 1.74. The zero-order valence-electron chi connectivity index (χ0n) is 13.6. The smallest absolute Gasteiger partial charge is 0.338 e. The highest BCUT2D eigenvalue weighted by Crippen LogP contribution is 2.31. The van der Waals surface area contributed by atoms with Crippen LogP contribution >= 0.6 is 11.3 Å². The van der Waals surface area contributed by atoms with Gasteiger partial charge in [-0.25, -0.2) is 0 Å². The summed E-state index contributed by atoms with van der Waals surface area (Å²) in [6.07, 6.45) is -4.40. The summed E-state index contributed by atoms with van der Waals surface area (Å²) in [6, 6.07) is 9.11. The Hall–Kier alpha value is -2.19. The lowest BCUT2D eigenvalue weighted by Crippen LogP contribution is -2.21. The summed E-state index contributed by atoms with van der Waals surface area (Å²) in [5.74, 6) is 0.511. The molecule has 2 heterocycles. The first-order valence-electron chi connectivity index (χ1n) is 7.58. The second-order valence-electron chi connectivity index (χ2n) is 5.70. The molecule has 0 fully saturated rings. The summed E-state index contributed by atoms with van der Waals surface area (Å²) < 4.78 is 43.6. The Kier molecular flexibility index (Phi) is 4.91. The zero-order valence-corrected chi connectivity index (χ0v) is 14.4. The predicted octanol–water partition coefficient (Wildman–Crippen LogP) is 5.01. The van der Waals surface area contributed by atoms with Crippen molar-refractivity contribution < 1.29 is 17.7 Å². The van der Waals surface area contributed by atoms with E-state index in [0.717, 1.165) is 12.1 Å². The summed E-state index contributed by atoms with van der Waals surface area (Å²) in [7, 11) is 1.93. The fourth-order valence-electron chi connectivity index (χ4n) is 2.37. The van der Waals surface area contributed by atoms with Gasteiger partial charge in [0.2, 0.25) is 11.7 Å². The molecule has 0 amide bonds. The van der Waals surface area contributed by atoms with Crippen molar-refractivity contribution in [3.63, 3.8) is 0 Å². The minimum Gasteiger partial charge on any atom is -0.338 e. The molecule has 132 valence electrons. The molecule has 0 bridgehead atoms. The minimum absolute atomic E-state index is 0.151. The molecule has 1 atom stereocenters. The number of halogens is 3. The summed E-state index contributed by atoms with van der Waals surface area (Å²) in [5.41, 5.74) is -0.460. The Morgan fingerprint density at radius 2 is 2.04 bits per heavy atom. The third kappa shape index (κ3) is 4.08. The molecular weight excluding hydrogens is 351 g/mol. The van der Waals surface area contributed by atoms with Gasteiger partial charge >= 0.3 is 6.18 Å². The van der Waals surface area contributed by atoms with Crippen LogP contribution in [0.3, 0.4) is 0 Å². The highest BCUT2D eigenvalue weighted by atomic mass is 32.1. The second kappa shape index (κ2) is 6.97. The summed E-state index contributed by atoms with van der Waals surface area (Å²) >= 11 is 1.66. The van der Waals surface area contributed by atoms with Crippen LogP contribution < -0.4 is 0 Å². The van der Waals surface area contributed by atoms with Crippen molar-refractivity contribution in [1.82, 2.24) is 15.0 Å². The normalized spacial score (nSPS) is 13.4. The molecule has 0 saturated carbocycles. The molecular formula is C17H16F3N3OS. The van der Waals surface area contributed by atoms with Crippen LogP contribution in [-0.4, -0.2) is 22.1 Å². The lowest BCUT2D eigenvalue weighted by molar-refractivity contribution is -0.137. The molecule has 0 radical (unpaired) electrons. The van der Waals surface area contributed by atoms with Crippen molar-refractivity contribution in [2.24, 2.45) is 0 Å². The summed E-state index contributed by atoms with van der Waals surface area (Å²) in [6.45, 7) is 2.47. The van der Waals surface area contributed by atoms with E-state index in [1.165, 1.54) is 17.0 Å². The largest absolute Gasteiger partial charge is 0.416 e. The molecule has 0 saturated heterocycles. The fraction of sp³-hybridized carbons (Fsp3) is 0.294. The molecule has 0 aliphatic carbocycles. The van der Waals surface area contributed by atoms with Crippen molar-refractivity contribution in [1.29, 1.82) is 0 Å². The zero-order chi connectivity index (χ0) is 18.0. The minimum atomic E-state index is -4.40. The van der Waals surface area contributed by atoms with E-state index in [2.05, 4.69) is 17.1 Å². The number of hydrogen-bond donors (Lipinski definition) is 0. The molecule has 1 aromatic carbocycles. The highest BCUT2D eigenvalue weighted by molar-refractivity contribution is 7.10. The monoisotopic (exact) mass is 367 g/mol. The van der Waals surface area contributed by atoms with E-state index in [-0.39, 0.29) is 17.4 Å². The van der Waals surface area contributed by atoms with Gasteiger partial charge in [0.1, 0.15) is 0 Å². The maximum Gasteiger partial charge on any atom is 0.416 e. The quantitative estimate of drug-likeness (QED) is 0.636. The third-order valence-corrected chi connectivity index (χ3v) is 4.96. The van der Waals surface area contributed by atoms with Crippen molar-refractivity contribution in [2.75, 3.05) is 7.05 Å². The number of hydrogen-bond acceptors (Lipinski definition) is 5. The van der Waals surface area contributed by atoms with Crippen molar-refractivity contribution >= 4 is 11.3 Å². The van der Waals surface area contributed by atoms with Gasteiger partial charge in [0, 0.05) is 16.5 Å². The molecule has 25 heavy (non-hydrogen) atoms. The average molecular weight is 367 g/mol. The van der Waals surface area contributed by atoms with Crippen molar-refractivity contribution in [3.8, 4) is 11.4 Å². The molecule has 0 aliphatic heterocycles. The molecule has 0 aliphatic rings. The van der Waals surface area contributed by atoms with Crippen LogP contribution in [-0.2, 0) is 12.7 Å². The number of benzene rings is 1. The summed E-state index contributed by atoms with van der Waals surface area (Å²) in [4.78, 5) is 7.47. The van der Waals surface area contributed by atoms with Gasteiger partial charge in [0.25, 0.3) is 0 Å². The lowest BCUT2D eigenvalue weighted by atomic mass is 10.1. The second-order valence-corrected chi connectivity index (χ2v) is 6.68. The first-order chi connectivity index (χ1) is 11.8. The standard InChI is InChI=1S/C17H16F3N3OS/c1-11(14-7-4-8-25-14)23(2)10-15-21-16(22-24-15)12-5-3-6-13(9-12)17(18,19)20/h3-9,11H,10H2,1-2H3. The van der Waals surface area contributed by atoms with Crippen LogP contribution in [0.15, 0.2) is 46.3 Å². The van der Waals surface area contributed by atoms with E-state index in [4.69, 9.17) is 4.52 Å². The number of nitrogens with zero attached hydrogens (tertiary/aromatic N) is 3. The van der Waals surface area contributed by atoms with Gasteiger partial charge in [-0.2, -0.15) is 18.2 Å². The number of alkyl halides is 3.